The van der Waals surface area contributed by atoms with Gasteiger partial charge in [0.05, 0.1) is 0 Å². The van der Waals surface area contributed by atoms with Gasteiger partial charge < -0.3 is 0 Å². The van der Waals surface area contributed by atoms with Gasteiger partial charge in [-0.3, -0.25) is 18.9 Å². The minimum Gasteiger partial charge on any atom is -0.288 e. The molecule has 4 aliphatic rings. The normalized spacial score (nSPS) is 32.6. The number of hydrogen-bond acceptors (Lipinski definition) is 8. The highest BCUT2D eigenvalue weighted by Gasteiger charge is 3.24. The van der Waals surface area contributed by atoms with Crippen molar-refractivity contribution in [2.45, 2.75) is 107 Å². The Kier molecular flexibility index (Phi) is 10.8. The van der Waals surface area contributed by atoms with Crippen LogP contribution >= 0.6 is 0 Å². The standard InChI is InChI=1S/C18F34N2O6/c19-5(20)1(55-13(35,36)11(31,32)53(47)48)6(21,22)3(57-15(39,40)17(43,44)59-51)8(25,26)2(5,56-14(37,38)12(33,34)54(49)50)9(27,28)4(7(1,23)24,10(3,29)30)58-16(41,42)18(45,46)60-52. The number of alkyl halides is 28. The first-order chi connectivity index (χ1) is 25.8. The fraction of sp³-hybridized carbons (Fsp3) is 1.00. The predicted octanol–water partition coefficient (Wildman–Crippen LogP) is 9.55. The first-order valence-corrected chi connectivity index (χ1v) is 12.8. The lowest BCUT2D eigenvalue weighted by atomic mass is 9.38. The van der Waals surface area contributed by atoms with Crippen LogP contribution in [0.1, 0.15) is 0 Å². The first-order valence-electron chi connectivity index (χ1n) is 12.8. The summed E-state index contributed by atoms with van der Waals surface area (Å²) in [5, 5.41) is -9.56. The molecule has 42 heteroatoms. The number of ether oxygens (including phenoxy) is 4. The smallest absolute Gasteiger partial charge is 0.288 e. The van der Waals surface area contributed by atoms with Crippen molar-refractivity contribution in [2.75, 3.05) is 0 Å². The first kappa shape index (κ1) is 51.6. The molecule has 0 unspecified atom stereocenters. The quantitative estimate of drug-likeness (QED) is 0.0862. The van der Waals surface area contributed by atoms with Gasteiger partial charge in [0.2, 0.25) is 0 Å². The molecule has 4 saturated carbocycles. The van der Waals surface area contributed by atoms with Crippen molar-refractivity contribution in [3.63, 3.8) is 0 Å². The summed E-state index contributed by atoms with van der Waals surface area (Å²) in [4.78, 5) is 1.58. The Morgan fingerprint density at radius 1 is 0.267 bits per heavy atom. The summed E-state index contributed by atoms with van der Waals surface area (Å²) >= 11 is 0. The molecule has 356 valence electrons. The van der Waals surface area contributed by atoms with Crippen molar-refractivity contribution in [3.05, 3.63) is 0 Å². The molecule has 0 N–H and O–H groups in total. The molecule has 8 nitrogen and oxygen atoms in total. The molecule has 0 radical (unpaired) electrons. The molecule has 4 aliphatic carbocycles. The van der Waals surface area contributed by atoms with Gasteiger partial charge in [0, 0.05) is 0 Å². The van der Waals surface area contributed by atoms with Crippen molar-refractivity contribution in [1.29, 1.82) is 0 Å². The molecule has 0 atom stereocenters. The maximum atomic E-state index is 16.2. The van der Waals surface area contributed by atoms with E-state index in [0.29, 0.717) is 0 Å². The zero-order chi connectivity index (χ0) is 48.4. The van der Waals surface area contributed by atoms with E-state index >= 15 is 52.7 Å². The summed E-state index contributed by atoms with van der Waals surface area (Å²) in [6, 6.07) is -17.3. The fourth-order valence-corrected chi connectivity index (χ4v) is 5.92. The molecule has 0 saturated heterocycles. The Morgan fingerprint density at radius 3 is 0.550 bits per heavy atom. The van der Waals surface area contributed by atoms with Crippen molar-refractivity contribution >= 4 is 0 Å². The van der Waals surface area contributed by atoms with Gasteiger partial charge in [-0.05, 0) is 9.05 Å². The topological polar surface area (TPSA) is 61.9 Å². The van der Waals surface area contributed by atoms with Crippen molar-refractivity contribution < 1.29 is 179 Å². The van der Waals surface area contributed by atoms with E-state index in [0.717, 1.165) is 9.88 Å². The Hall–Kier alpha value is -2.70. The molecular formula is C18F34N2O6. The second kappa shape index (κ2) is 12.5. The van der Waals surface area contributed by atoms with Crippen molar-refractivity contribution in [1.82, 2.24) is 10.7 Å². The molecule has 0 aliphatic heterocycles. The Balaban J connectivity index is 3.06. The monoisotopic (exact) mass is 986 g/mol. The molecule has 0 aromatic carbocycles. The van der Waals surface area contributed by atoms with Gasteiger partial charge in [0.1, 0.15) is 10.7 Å². The van der Waals surface area contributed by atoms with E-state index in [4.69, 9.17) is 0 Å². The minimum atomic E-state index is -10.2. The van der Waals surface area contributed by atoms with Gasteiger partial charge in [-0.1, -0.05) is 17.9 Å². The molecule has 0 aromatic rings. The third-order valence-electron chi connectivity index (χ3n) is 8.43. The van der Waals surface area contributed by atoms with Crippen molar-refractivity contribution in [2.24, 2.45) is 0 Å². The SMILES string of the molecule is FOC(F)(F)C(F)(F)OC12C(F)(F)C3(OC(F)(F)C(F)(F)OF)C(F)(F)C(OC(F)(F)C(F)(F)N(F)F)(C1(F)F)C(F)(F)C(OC(F)(F)C(F)(F)N(F)F)(C2(F)F)C3(F)F. The highest BCUT2D eigenvalue weighted by atomic mass is 19.4. The largest absolute Gasteiger partial charge is 0.478 e. The average Bonchev–Trinajstić information content (AvgIpc) is 3.03. The molecule has 4 rings (SSSR count). The molecule has 4 bridgehead atoms. The fourth-order valence-electron chi connectivity index (χ4n) is 5.92. The lowest BCUT2D eigenvalue weighted by molar-refractivity contribution is -0.695. The summed E-state index contributed by atoms with van der Waals surface area (Å²) < 4.78 is 499. The Labute approximate surface area is 297 Å². The van der Waals surface area contributed by atoms with Gasteiger partial charge in [0.25, 0.3) is 22.4 Å². The zero-order valence-corrected chi connectivity index (χ0v) is 25.2. The maximum Gasteiger partial charge on any atom is 0.478 e. The van der Waals surface area contributed by atoms with Crippen LogP contribution in [0.5, 0.6) is 0 Å². The van der Waals surface area contributed by atoms with Crippen LogP contribution in [0.25, 0.3) is 0 Å². The Bertz CT molecular complexity index is 1530. The average molecular weight is 986 g/mol. The van der Waals surface area contributed by atoms with Crippen LogP contribution in [0.2, 0.25) is 0 Å². The summed E-state index contributed by atoms with van der Waals surface area (Å²) in [6.07, 6.45) is -53.1. The minimum absolute atomic E-state index is 0.788. The van der Waals surface area contributed by atoms with Crippen LogP contribution in [0.4, 0.5) is 150 Å². The molecule has 0 spiro atoms. The van der Waals surface area contributed by atoms with E-state index < -0.39 is 117 Å². The van der Waals surface area contributed by atoms with Crippen LogP contribution in [0.3, 0.4) is 0 Å². The highest BCUT2D eigenvalue weighted by Crippen LogP contribution is 2.90. The lowest BCUT2D eigenvalue weighted by Crippen LogP contribution is -3.13. The van der Waals surface area contributed by atoms with Crippen LogP contribution in [-0.4, -0.2) is 117 Å². The van der Waals surface area contributed by atoms with Crippen LogP contribution in [0, 0.1) is 0 Å². The third-order valence-corrected chi connectivity index (χ3v) is 8.43. The molecule has 0 amide bonds. The van der Waals surface area contributed by atoms with E-state index in [9.17, 15) is 97.2 Å². The molecular weight excluding hydrogens is 986 g/mol. The number of rotatable bonds is 16. The van der Waals surface area contributed by atoms with E-state index in [2.05, 4.69) is 0 Å². The summed E-state index contributed by atoms with van der Waals surface area (Å²) in [5.74, 6) is -60.9. The number of nitrogens with zero attached hydrogens (tertiary/aromatic N) is 2. The highest BCUT2D eigenvalue weighted by molar-refractivity contribution is 5.55. The molecule has 60 heavy (non-hydrogen) atoms. The predicted molar refractivity (Wildman–Crippen MR) is 97.0 cm³/mol. The lowest BCUT2D eigenvalue weighted by Gasteiger charge is -2.79. The Morgan fingerprint density at radius 2 is 0.417 bits per heavy atom. The van der Waals surface area contributed by atoms with Crippen LogP contribution < -0.4 is 0 Å². The van der Waals surface area contributed by atoms with Crippen molar-refractivity contribution in [3.8, 4) is 0 Å². The van der Waals surface area contributed by atoms with Gasteiger partial charge >= 0.3 is 84.3 Å². The summed E-state index contributed by atoms with van der Waals surface area (Å²) in [6.45, 7) is 0. The van der Waals surface area contributed by atoms with Crippen LogP contribution in [-0.2, 0) is 28.8 Å². The third kappa shape index (κ3) is 4.85. The second-order valence-corrected chi connectivity index (χ2v) is 11.4. The van der Waals surface area contributed by atoms with Gasteiger partial charge in [-0.25, -0.2) is 0 Å². The molecule has 4 fully saturated rings. The van der Waals surface area contributed by atoms with E-state index in [-0.39, 0.29) is 0 Å². The number of hydrogen-bond donors (Lipinski definition) is 0. The van der Waals surface area contributed by atoms with Crippen LogP contribution in [0.15, 0.2) is 0 Å². The van der Waals surface area contributed by atoms with Gasteiger partial charge in [-0.2, -0.15) is 123 Å². The maximum absolute atomic E-state index is 16.2. The van der Waals surface area contributed by atoms with Gasteiger partial charge in [-0.15, -0.1) is 9.88 Å². The zero-order valence-electron chi connectivity index (χ0n) is 25.2. The van der Waals surface area contributed by atoms with Gasteiger partial charge in [0.15, 0.2) is 0 Å². The van der Waals surface area contributed by atoms with E-state index in [1.165, 1.54) is 18.9 Å². The molecule has 0 aromatic heterocycles. The summed E-state index contributed by atoms with van der Waals surface area (Å²) in [5.41, 5.74) is -40.4. The van der Waals surface area contributed by atoms with E-state index in [1.807, 2.05) is 0 Å². The van der Waals surface area contributed by atoms with E-state index in [1.54, 1.807) is 0 Å². The molecule has 0 heterocycles. The second-order valence-electron chi connectivity index (χ2n) is 11.4. The number of halogens is 34. The summed E-state index contributed by atoms with van der Waals surface area (Å²) in [7, 11) is 0.